The molecular weight excluding hydrogens is 250 g/mol. The minimum atomic E-state index is 0.449. The Balaban J connectivity index is 1.57. The fourth-order valence-corrected chi connectivity index (χ4v) is 7.00. The van der Waals surface area contributed by atoms with Gasteiger partial charge in [0.1, 0.15) is 0 Å². The van der Waals surface area contributed by atoms with E-state index in [1.165, 1.54) is 44.1 Å². The van der Waals surface area contributed by atoms with E-state index in [1.54, 1.807) is 0 Å². The Hall–Kier alpha value is -0.340. The summed E-state index contributed by atoms with van der Waals surface area (Å²) in [5.74, 6) is 0.987. The lowest BCUT2D eigenvalue weighted by Gasteiger charge is -2.65. The molecule has 1 aromatic rings. The maximum Gasteiger partial charge on any atom is 0.0218 e. The first kappa shape index (κ1) is 12.4. The largest absolute Gasteiger partial charge is 0.307 e. The molecule has 104 valence electrons. The van der Waals surface area contributed by atoms with Crippen LogP contribution in [0.1, 0.15) is 57.9 Å². The van der Waals surface area contributed by atoms with Gasteiger partial charge >= 0.3 is 0 Å². The van der Waals surface area contributed by atoms with Crippen molar-refractivity contribution in [1.29, 1.82) is 0 Å². The van der Waals surface area contributed by atoms with Gasteiger partial charge < -0.3 is 5.32 Å². The van der Waals surface area contributed by atoms with Gasteiger partial charge in [-0.1, -0.05) is 13.8 Å². The Labute approximate surface area is 120 Å². The van der Waals surface area contributed by atoms with E-state index >= 15 is 0 Å². The highest BCUT2D eigenvalue weighted by molar-refractivity contribution is 7.07. The van der Waals surface area contributed by atoms with Crippen molar-refractivity contribution < 1.29 is 0 Å². The molecule has 2 heteroatoms. The molecule has 0 aliphatic heterocycles. The molecule has 4 saturated carbocycles. The third-order valence-electron chi connectivity index (χ3n) is 5.87. The van der Waals surface area contributed by atoms with Crippen molar-refractivity contribution in [3.8, 4) is 0 Å². The minimum Gasteiger partial charge on any atom is -0.307 e. The van der Waals surface area contributed by atoms with Gasteiger partial charge in [0.25, 0.3) is 0 Å². The van der Waals surface area contributed by atoms with Crippen LogP contribution in [-0.4, -0.2) is 5.54 Å². The normalized spacial score (nSPS) is 47.8. The molecule has 4 aliphatic carbocycles. The van der Waals surface area contributed by atoms with E-state index in [0.29, 0.717) is 16.4 Å². The smallest absolute Gasteiger partial charge is 0.0218 e. The summed E-state index contributed by atoms with van der Waals surface area (Å²) in [6.45, 7) is 6.18. The van der Waals surface area contributed by atoms with Crippen LogP contribution in [0.4, 0.5) is 0 Å². The van der Waals surface area contributed by atoms with Crippen LogP contribution in [0.15, 0.2) is 16.8 Å². The molecule has 4 bridgehead atoms. The van der Waals surface area contributed by atoms with E-state index in [1.807, 2.05) is 11.3 Å². The van der Waals surface area contributed by atoms with Crippen LogP contribution in [0.25, 0.3) is 0 Å². The molecule has 1 aromatic heterocycles. The molecule has 1 nitrogen and oxygen atoms in total. The predicted octanol–water partition coefficient (Wildman–Crippen LogP) is 4.59. The van der Waals surface area contributed by atoms with Crippen LogP contribution in [-0.2, 0) is 6.54 Å². The molecule has 0 radical (unpaired) electrons. The van der Waals surface area contributed by atoms with Crippen LogP contribution in [0.2, 0.25) is 0 Å². The maximum atomic E-state index is 3.99. The zero-order valence-corrected chi connectivity index (χ0v) is 13.0. The van der Waals surface area contributed by atoms with Crippen LogP contribution < -0.4 is 5.32 Å². The molecule has 0 aromatic carbocycles. The molecule has 4 atom stereocenters. The Morgan fingerprint density at radius 2 is 1.89 bits per heavy atom. The first-order valence-corrected chi connectivity index (χ1v) is 8.69. The third-order valence-corrected chi connectivity index (χ3v) is 6.61. The van der Waals surface area contributed by atoms with Crippen molar-refractivity contribution in [2.75, 3.05) is 0 Å². The van der Waals surface area contributed by atoms with Gasteiger partial charge in [0, 0.05) is 12.1 Å². The second-order valence-corrected chi connectivity index (χ2v) is 9.18. The van der Waals surface area contributed by atoms with Gasteiger partial charge in [-0.15, -0.1) is 0 Å². The quantitative estimate of drug-likeness (QED) is 0.851. The van der Waals surface area contributed by atoms with E-state index in [9.17, 15) is 0 Å². The van der Waals surface area contributed by atoms with Crippen LogP contribution in [0, 0.1) is 16.7 Å². The highest BCUT2D eigenvalue weighted by Crippen LogP contribution is 2.66. The summed E-state index contributed by atoms with van der Waals surface area (Å²) in [6.07, 6.45) is 8.71. The predicted molar refractivity (Wildman–Crippen MR) is 81.3 cm³/mol. The molecule has 5 rings (SSSR count). The van der Waals surface area contributed by atoms with Gasteiger partial charge in [-0.3, -0.25) is 0 Å². The second kappa shape index (κ2) is 3.85. The molecule has 2 unspecified atom stereocenters. The molecular formula is C17H25NS. The lowest BCUT2D eigenvalue weighted by atomic mass is 9.43. The summed E-state index contributed by atoms with van der Waals surface area (Å²) in [5.41, 5.74) is 3.16. The summed E-state index contributed by atoms with van der Waals surface area (Å²) in [6, 6.07) is 2.27. The minimum absolute atomic E-state index is 0.449. The zero-order valence-electron chi connectivity index (χ0n) is 12.2. The van der Waals surface area contributed by atoms with Crippen LogP contribution in [0.3, 0.4) is 0 Å². The summed E-state index contributed by atoms with van der Waals surface area (Å²) in [7, 11) is 0. The molecule has 1 heterocycles. The van der Waals surface area contributed by atoms with Crippen molar-refractivity contribution in [1.82, 2.24) is 5.32 Å². The summed E-state index contributed by atoms with van der Waals surface area (Å²) < 4.78 is 0. The standard InChI is InChI=1S/C17H25NS/c1-15-5-14-6-16(2,10-15)12-17(7-14,11-15)18-8-13-3-4-19-9-13/h3-4,9,14,18H,5-8,10-12H2,1-2H3/t14?,15-,16+,17?. The molecule has 0 saturated heterocycles. The molecule has 19 heavy (non-hydrogen) atoms. The van der Waals surface area contributed by atoms with Crippen molar-refractivity contribution in [3.05, 3.63) is 22.4 Å². The number of rotatable bonds is 3. The lowest BCUT2D eigenvalue weighted by Crippen LogP contribution is -2.63. The third kappa shape index (κ3) is 2.08. The van der Waals surface area contributed by atoms with Gasteiger partial charge in [-0.05, 0) is 77.7 Å². The van der Waals surface area contributed by atoms with Crippen LogP contribution >= 0.6 is 11.3 Å². The van der Waals surface area contributed by atoms with Gasteiger partial charge in [-0.25, -0.2) is 0 Å². The fourth-order valence-electron chi connectivity index (χ4n) is 6.33. The van der Waals surface area contributed by atoms with E-state index in [2.05, 4.69) is 36.0 Å². The van der Waals surface area contributed by atoms with Gasteiger partial charge in [-0.2, -0.15) is 11.3 Å². The Morgan fingerprint density at radius 1 is 1.16 bits per heavy atom. The molecule has 0 spiro atoms. The number of hydrogen-bond acceptors (Lipinski definition) is 2. The second-order valence-electron chi connectivity index (χ2n) is 8.40. The van der Waals surface area contributed by atoms with Crippen molar-refractivity contribution in [2.45, 2.75) is 64.5 Å². The van der Waals surface area contributed by atoms with Crippen molar-refractivity contribution in [2.24, 2.45) is 16.7 Å². The topological polar surface area (TPSA) is 12.0 Å². The highest BCUT2D eigenvalue weighted by Gasteiger charge is 2.59. The SMILES string of the molecule is C[C@]12CC3CC(NCc4ccsc4)(C1)C[C@@](C)(C3)C2. The Kier molecular flexibility index (Phi) is 2.52. The summed E-state index contributed by atoms with van der Waals surface area (Å²) >= 11 is 1.82. The lowest BCUT2D eigenvalue weighted by molar-refractivity contribution is -0.118. The van der Waals surface area contributed by atoms with Crippen LogP contribution in [0.5, 0.6) is 0 Å². The fraction of sp³-hybridized carbons (Fsp3) is 0.765. The summed E-state index contributed by atoms with van der Waals surface area (Å²) in [5, 5.41) is 8.47. The maximum absolute atomic E-state index is 3.99. The van der Waals surface area contributed by atoms with Crippen molar-refractivity contribution >= 4 is 11.3 Å². The van der Waals surface area contributed by atoms with E-state index in [0.717, 1.165) is 12.5 Å². The van der Waals surface area contributed by atoms with Crippen molar-refractivity contribution in [3.63, 3.8) is 0 Å². The highest BCUT2D eigenvalue weighted by atomic mass is 32.1. The average Bonchev–Trinajstić information content (AvgIpc) is 2.73. The molecule has 4 aliphatic rings. The first-order chi connectivity index (χ1) is 8.99. The van der Waals surface area contributed by atoms with E-state index < -0.39 is 0 Å². The van der Waals surface area contributed by atoms with Gasteiger partial charge in [0.05, 0.1) is 0 Å². The van der Waals surface area contributed by atoms with E-state index in [4.69, 9.17) is 0 Å². The molecule has 4 fully saturated rings. The first-order valence-electron chi connectivity index (χ1n) is 7.75. The molecule has 1 N–H and O–H groups in total. The van der Waals surface area contributed by atoms with Gasteiger partial charge in [0.15, 0.2) is 0 Å². The monoisotopic (exact) mass is 275 g/mol. The number of hydrogen-bond donors (Lipinski definition) is 1. The average molecular weight is 275 g/mol. The summed E-state index contributed by atoms with van der Waals surface area (Å²) in [4.78, 5) is 0. The van der Waals surface area contributed by atoms with Gasteiger partial charge in [0.2, 0.25) is 0 Å². The zero-order chi connectivity index (χ0) is 13.1. The Morgan fingerprint density at radius 3 is 2.47 bits per heavy atom. The van der Waals surface area contributed by atoms with E-state index in [-0.39, 0.29) is 0 Å². The molecule has 0 amide bonds. The Bertz CT molecular complexity index is 459. The number of thiophene rings is 1. The number of nitrogens with one attached hydrogen (secondary N) is 1.